The number of ether oxygens (including phenoxy) is 1. The van der Waals surface area contributed by atoms with E-state index in [0.29, 0.717) is 17.0 Å². The molecule has 0 N–H and O–H groups in total. The summed E-state index contributed by atoms with van der Waals surface area (Å²) in [5.74, 6) is -0.134. The minimum atomic E-state index is -0.438. The molecule has 4 heteroatoms. The molecule has 2 aromatic carbocycles. The summed E-state index contributed by atoms with van der Waals surface area (Å²) in [6.45, 7) is 4.00. The maximum Gasteiger partial charge on any atom is 0.339 e. The van der Waals surface area contributed by atoms with Crippen molar-refractivity contribution in [3.05, 3.63) is 76.5 Å². The van der Waals surface area contributed by atoms with Crippen LogP contribution in [0.25, 0.3) is 10.9 Å². The first-order chi connectivity index (χ1) is 14.1. The average Bonchev–Trinajstić information content (AvgIpc) is 2.75. The number of benzene rings is 2. The van der Waals surface area contributed by atoms with Gasteiger partial charge in [-0.3, -0.25) is 9.78 Å². The molecule has 0 radical (unpaired) electrons. The second kappa shape index (κ2) is 8.16. The predicted molar refractivity (Wildman–Crippen MR) is 113 cm³/mol. The lowest BCUT2D eigenvalue weighted by molar-refractivity contribution is 0.0475. The van der Waals surface area contributed by atoms with Gasteiger partial charge in [0.15, 0.2) is 12.4 Å². The fraction of sp³-hybridized carbons (Fsp3) is 0.320. The van der Waals surface area contributed by atoms with Crippen LogP contribution in [0, 0.1) is 5.92 Å². The lowest BCUT2D eigenvalue weighted by Gasteiger charge is -2.24. The van der Waals surface area contributed by atoms with E-state index in [1.54, 1.807) is 12.1 Å². The van der Waals surface area contributed by atoms with Crippen LogP contribution in [0.3, 0.4) is 0 Å². The van der Waals surface area contributed by atoms with Crippen LogP contribution in [0.5, 0.6) is 0 Å². The molecule has 4 nitrogen and oxygen atoms in total. The molecule has 1 unspecified atom stereocenters. The number of pyridine rings is 1. The Balaban J connectivity index is 1.61. The van der Waals surface area contributed by atoms with Crippen molar-refractivity contribution in [2.24, 2.45) is 5.92 Å². The minimum Gasteiger partial charge on any atom is -0.454 e. The topological polar surface area (TPSA) is 56.3 Å². The summed E-state index contributed by atoms with van der Waals surface area (Å²) in [7, 11) is 0. The van der Waals surface area contributed by atoms with Gasteiger partial charge in [-0.1, -0.05) is 56.3 Å². The zero-order valence-corrected chi connectivity index (χ0v) is 16.9. The van der Waals surface area contributed by atoms with E-state index in [9.17, 15) is 9.59 Å². The van der Waals surface area contributed by atoms with Gasteiger partial charge in [0.25, 0.3) is 0 Å². The molecule has 3 aromatic rings. The van der Waals surface area contributed by atoms with E-state index in [-0.39, 0.29) is 12.4 Å². The number of para-hydroxylation sites is 1. The van der Waals surface area contributed by atoms with Crippen molar-refractivity contribution < 1.29 is 14.3 Å². The van der Waals surface area contributed by atoms with Crippen molar-refractivity contribution in [3.63, 3.8) is 0 Å². The first kappa shape index (κ1) is 19.3. The van der Waals surface area contributed by atoms with Crippen molar-refractivity contribution >= 4 is 22.7 Å². The molecule has 1 atom stereocenters. The van der Waals surface area contributed by atoms with Gasteiger partial charge in [-0.25, -0.2) is 4.79 Å². The number of aromatic nitrogens is 1. The Morgan fingerprint density at radius 1 is 1.10 bits per heavy atom. The van der Waals surface area contributed by atoms with E-state index in [0.717, 1.165) is 47.8 Å². The molecule has 148 valence electrons. The number of esters is 1. The van der Waals surface area contributed by atoms with Gasteiger partial charge in [0.2, 0.25) is 0 Å². The second-order valence-corrected chi connectivity index (χ2v) is 7.83. The minimum absolute atomic E-state index is 0.193. The van der Waals surface area contributed by atoms with E-state index in [4.69, 9.17) is 9.72 Å². The fourth-order valence-electron chi connectivity index (χ4n) is 4.01. The summed E-state index contributed by atoms with van der Waals surface area (Å²) in [6.07, 6.45) is 3.66. The summed E-state index contributed by atoms with van der Waals surface area (Å²) in [6, 6.07) is 15.1. The molecule has 1 heterocycles. The van der Waals surface area contributed by atoms with Crippen molar-refractivity contribution in [2.75, 3.05) is 6.61 Å². The standard InChI is InChI=1S/C25H25NO3/c1-3-17-9-11-18(12-10-17)23(27)15-29-25(28)24-19-6-4-5-7-21(19)26-22-13-8-16(2)14-20(22)24/h4-7,9-12,16H,3,8,13-15H2,1-2H3. The van der Waals surface area contributed by atoms with Gasteiger partial charge in [-0.2, -0.15) is 0 Å². The van der Waals surface area contributed by atoms with Gasteiger partial charge < -0.3 is 4.74 Å². The average molecular weight is 387 g/mol. The van der Waals surface area contributed by atoms with E-state index >= 15 is 0 Å². The van der Waals surface area contributed by atoms with Crippen molar-refractivity contribution in [2.45, 2.75) is 39.5 Å². The number of carbonyl (C=O) groups excluding carboxylic acids is 2. The van der Waals surface area contributed by atoms with Crippen molar-refractivity contribution in [1.29, 1.82) is 0 Å². The van der Waals surface area contributed by atoms with E-state index in [2.05, 4.69) is 13.8 Å². The van der Waals surface area contributed by atoms with Gasteiger partial charge >= 0.3 is 5.97 Å². The zero-order chi connectivity index (χ0) is 20.4. The number of ketones is 1. The predicted octanol–water partition coefficient (Wildman–Crippen LogP) is 4.96. The molecule has 1 aromatic heterocycles. The number of fused-ring (bicyclic) bond motifs is 2. The van der Waals surface area contributed by atoms with Crippen LogP contribution < -0.4 is 0 Å². The highest BCUT2D eigenvalue weighted by Crippen LogP contribution is 2.32. The number of hydrogen-bond acceptors (Lipinski definition) is 4. The molecule has 29 heavy (non-hydrogen) atoms. The molecule has 0 aliphatic heterocycles. The number of rotatable bonds is 5. The summed E-state index contributed by atoms with van der Waals surface area (Å²) >= 11 is 0. The molecule has 0 saturated heterocycles. The molecule has 1 aliphatic carbocycles. The second-order valence-electron chi connectivity index (χ2n) is 7.83. The summed E-state index contributed by atoms with van der Waals surface area (Å²) in [5.41, 5.74) is 5.07. The summed E-state index contributed by atoms with van der Waals surface area (Å²) in [5, 5.41) is 0.796. The fourth-order valence-corrected chi connectivity index (χ4v) is 4.01. The Morgan fingerprint density at radius 3 is 2.62 bits per heavy atom. The molecule has 0 saturated carbocycles. The Hall–Kier alpha value is -3.01. The van der Waals surface area contributed by atoms with E-state index in [1.165, 1.54) is 5.56 Å². The molecular formula is C25H25NO3. The normalized spacial score (nSPS) is 15.7. The number of carbonyl (C=O) groups is 2. The smallest absolute Gasteiger partial charge is 0.339 e. The third kappa shape index (κ3) is 3.93. The largest absolute Gasteiger partial charge is 0.454 e. The van der Waals surface area contributed by atoms with Crippen LogP contribution in [0.4, 0.5) is 0 Å². The zero-order valence-electron chi connectivity index (χ0n) is 16.9. The molecule has 1 aliphatic rings. The van der Waals surface area contributed by atoms with Crippen LogP contribution in [0.15, 0.2) is 48.5 Å². The Labute approximate surface area is 170 Å². The number of aryl methyl sites for hydroxylation is 2. The molecule has 0 spiro atoms. The van der Waals surface area contributed by atoms with Crippen LogP contribution in [-0.4, -0.2) is 23.3 Å². The van der Waals surface area contributed by atoms with Crippen LogP contribution in [0.2, 0.25) is 0 Å². The van der Waals surface area contributed by atoms with Crippen LogP contribution >= 0.6 is 0 Å². The van der Waals surface area contributed by atoms with Gasteiger partial charge in [0, 0.05) is 16.6 Å². The van der Waals surface area contributed by atoms with Crippen LogP contribution in [0.1, 0.15) is 57.8 Å². The lowest BCUT2D eigenvalue weighted by Crippen LogP contribution is -2.21. The highest BCUT2D eigenvalue weighted by molar-refractivity contribution is 6.06. The monoisotopic (exact) mass is 387 g/mol. The van der Waals surface area contributed by atoms with Crippen molar-refractivity contribution in [3.8, 4) is 0 Å². The first-order valence-electron chi connectivity index (χ1n) is 10.3. The maximum absolute atomic E-state index is 13.1. The molecule has 0 fully saturated rings. The third-order valence-electron chi connectivity index (χ3n) is 5.73. The van der Waals surface area contributed by atoms with Crippen molar-refractivity contribution in [1.82, 2.24) is 4.98 Å². The maximum atomic E-state index is 13.1. The van der Waals surface area contributed by atoms with E-state index in [1.807, 2.05) is 36.4 Å². The lowest BCUT2D eigenvalue weighted by atomic mass is 9.84. The Morgan fingerprint density at radius 2 is 1.86 bits per heavy atom. The molecule has 0 bridgehead atoms. The highest BCUT2D eigenvalue weighted by atomic mass is 16.5. The Bertz CT molecular complexity index is 1070. The quantitative estimate of drug-likeness (QED) is 0.459. The molecule has 4 rings (SSSR count). The Kier molecular flexibility index (Phi) is 5.43. The summed E-state index contributed by atoms with van der Waals surface area (Å²) in [4.78, 5) is 30.3. The number of Topliss-reactive ketones (excluding diaryl/α,β-unsaturated/α-hetero) is 1. The van der Waals surface area contributed by atoms with Crippen LogP contribution in [-0.2, 0) is 24.0 Å². The third-order valence-corrected chi connectivity index (χ3v) is 5.73. The van der Waals surface area contributed by atoms with E-state index < -0.39 is 5.97 Å². The van der Waals surface area contributed by atoms with Gasteiger partial charge in [0.05, 0.1) is 11.1 Å². The van der Waals surface area contributed by atoms with Gasteiger partial charge in [-0.05, 0) is 48.8 Å². The highest BCUT2D eigenvalue weighted by Gasteiger charge is 2.26. The first-order valence-corrected chi connectivity index (χ1v) is 10.3. The summed E-state index contributed by atoms with van der Waals surface area (Å²) < 4.78 is 5.49. The molecular weight excluding hydrogens is 362 g/mol. The number of hydrogen-bond donors (Lipinski definition) is 0. The molecule has 0 amide bonds. The van der Waals surface area contributed by atoms with Gasteiger partial charge in [0.1, 0.15) is 0 Å². The number of nitrogens with zero attached hydrogens (tertiary/aromatic N) is 1. The van der Waals surface area contributed by atoms with Gasteiger partial charge in [-0.15, -0.1) is 0 Å². The SMILES string of the molecule is CCc1ccc(C(=O)COC(=O)c2c3c(nc4ccccc24)CCC(C)C3)cc1.